The number of hydrogen-bond donors (Lipinski definition) is 1. The monoisotopic (exact) mass is 290 g/mol. The van der Waals surface area contributed by atoms with Crippen LogP contribution in [0.1, 0.15) is 32.3 Å². The number of fused-ring (bicyclic) bond motifs is 1. The number of rotatable bonds is 7. The summed E-state index contributed by atoms with van der Waals surface area (Å²) in [6.07, 6.45) is 4.06. The highest BCUT2D eigenvalue weighted by molar-refractivity contribution is 6.18. The van der Waals surface area contributed by atoms with Gasteiger partial charge in [-0.1, -0.05) is 38.1 Å². The third-order valence-electron chi connectivity index (χ3n) is 4.32. The molecule has 1 aromatic heterocycles. The van der Waals surface area contributed by atoms with Gasteiger partial charge in [0, 0.05) is 30.6 Å². The standard InChI is InChI=1S/C17H23ClN2/c1-3-17(4-2,12-18)13-19-11-15-8-5-7-14-9-6-10-20-16(14)15/h5-10,19H,3-4,11-13H2,1-2H3. The average Bonchev–Trinajstić information content (AvgIpc) is 2.52. The van der Waals surface area contributed by atoms with E-state index < -0.39 is 0 Å². The van der Waals surface area contributed by atoms with Crippen molar-refractivity contribution in [2.75, 3.05) is 12.4 Å². The summed E-state index contributed by atoms with van der Waals surface area (Å²) in [5.74, 6) is 0.709. The van der Waals surface area contributed by atoms with Crippen LogP contribution in [0.25, 0.3) is 10.9 Å². The van der Waals surface area contributed by atoms with Crippen LogP contribution in [0.5, 0.6) is 0 Å². The summed E-state index contributed by atoms with van der Waals surface area (Å²) in [4.78, 5) is 4.49. The molecule has 2 aromatic rings. The second kappa shape index (κ2) is 7.05. The number of para-hydroxylation sites is 1. The molecule has 0 aliphatic carbocycles. The molecule has 0 aliphatic heterocycles. The molecule has 1 N–H and O–H groups in total. The van der Waals surface area contributed by atoms with Crippen LogP contribution >= 0.6 is 11.6 Å². The first-order valence-corrected chi connectivity index (χ1v) is 7.87. The minimum atomic E-state index is 0.208. The number of aromatic nitrogens is 1. The Kier molecular flexibility index (Phi) is 5.38. The third kappa shape index (κ3) is 3.31. The first-order valence-electron chi connectivity index (χ1n) is 7.34. The summed E-state index contributed by atoms with van der Waals surface area (Å²) >= 11 is 6.15. The number of hydrogen-bond acceptors (Lipinski definition) is 2. The lowest BCUT2D eigenvalue weighted by molar-refractivity contribution is 0.286. The third-order valence-corrected chi connectivity index (χ3v) is 4.88. The second-order valence-electron chi connectivity index (χ2n) is 5.44. The molecule has 0 saturated heterocycles. The topological polar surface area (TPSA) is 24.9 Å². The van der Waals surface area contributed by atoms with E-state index in [0.29, 0.717) is 5.88 Å². The maximum Gasteiger partial charge on any atom is 0.0746 e. The zero-order valence-electron chi connectivity index (χ0n) is 12.3. The number of alkyl halides is 1. The molecular weight excluding hydrogens is 268 g/mol. The van der Waals surface area contributed by atoms with Gasteiger partial charge in [0.1, 0.15) is 0 Å². The van der Waals surface area contributed by atoms with Crippen molar-refractivity contribution in [2.45, 2.75) is 33.2 Å². The normalized spacial score (nSPS) is 11.9. The van der Waals surface area contributed by atoms with E-state index in [2.05, 4.69) is 48.4 Å². The Morgan fingerprint density at radius 1 is 1.15 bits per heavy atom. The van der Waals surface area contributed by atoms with Crippen molar-refractivity contribution in [3.63, 3.8) is 0 Å². The van der Waals surface area contributed by atoms with E-state index in [0.717, 1.165) is 31.4 Å². The molecule has 0 saturated carbocycles. The van der Waals surface area contributed by atoms with Crippen molar-refractivity contribution in [2.24, 2.45) is 5.41 Å². The van der Waals surface area contributed by atoms with E-state index in [1.807, 2.05) is 12.3 Å². The van der Waals surface area contributed by atoms with E-state index in [1.165, 1.54) is 10.9 Å². The van der Waals surface area contributed by atoms with Gasteiger partial charge in [0.05, 0.1) is 5.52 Å². The van der Waals surface area contributed by atoms with E-state index in [9.17, 15) is 0 Å². The molecule has 108 valence electrons. The molecule has 0 bridgehead atoms. The Balaban J connectivity index is 2.06. The van der Waals surface area contributed by atoms with Gasteiger partial charge >= 0.3 is 0 Å². The number of nitrogens with zero attached hydrogens (tertiary/aromatic N) is 1. The predicted octanol–water partition coefficient (Wildman–Crippen LogP) is 4.37. The highest BCUT2D eigenvalue weighted by Gasteiger charge is 2.24. The highest BCUT2D eigenvalue weighted by Crippen LogP contribution is 2.27. The fourth-order valence-corrected chi connectivity index (χ4v) is 2.98. The Bertz CT molecular complexity index is 536. The van der Waals surface area contributed by atoms with Crippen LogP contribution in [0.15, 0.2) is 36.5 Å². The van der Waals surface area contributed by atoms with Crippen LogP contribution < -0.4 is 5.32 Å². The van der Waals surface area contributed by atoms with Crippen molar-refractivity contribution >= 4 is 22.5 Å². The van der Waals surface area contributed by atoms with Crippen molar-refractivity contribution in [3.8, 4) is 0 Å². The minimum Gasteiger partial charge on any atom is -0.312 e. The zero-order valence-corrected chi connectivity index (χ0v) is 13.1. The van der Waals surface area contributed by atoms with Gasteiger partial charge < -0.3 is 5.32 Å². The summed E-state index contributed by atoms with van der Waals surface area (Å²) in [6.45, 7) is 6.22. The average molecular weight is 291 g/mol. The number of benzene rings is 1. The molecule has 2 rings (SSSR count). The van der Waals surface area contributed by atoms with Gasteiger partial charge in [0.25, 0.3) is 0 Å². The minimum absolute atomic E-state index is 0.208. The largest absolute Gasteiger partial charge is 0.312 e. The van der Waals surface area contributed by atoms with Gasteiger partial charge in [-0.15, -0.1) is 11.6 Å². The van der Waals surface area contributed by atoms with Crippen LogP contribution in [0, 0.1) is 5.41 Å². The van der Waals surface area contributed by atoms with Gasteiger partial charge in [-0.05, 0) is 29.9 Å². The SMILES string of the molecule is CCC(CC)(CCl)CNCc1cccc2cccnc12. The van der Waals surface area contributed by atoms with Crippen LogP contribution in [0.4, 0.5) is 0 Å². The van der Waals surface area contributed by atoms with Crippen molar-refractivity contribution in [3.05, 3.63) is 42.1 Å². The van der Waals surface area contributed by atoms with Crippen molar-refractivity contribution < 1.29 is 0 Å². The summed E-state index contributed by atoms with van der Waals surface area (Å²) in [6, 6.07) is 10.4. The van der Waals surface area contributed by atoms with Gasteiger partial charge in [-0.3, -0.25) is 4.98 Å². The van der Waals surface area contributed by atoms with Crippen molar-refractivity contribution in [1.82, 2.24) is 10.3 Å². The molecular formula is C17H23ClN2. The lowest BCUT2D eigenvalue weighted by atomic mass is 9.84. The zero-order chi connectivity index (χ0) is 14.4. The number of halogens is 1. The molecule has 1 heterocycles. The highest BCUT2D eigenvalue weighted by atomic mass is 35.5. The fraction of sp³-hybridized carbons (Fsp3) is 0.471. The van der Waals surface area contributed by atoms with E-state index >= 15 is 0 Å². The quantitative estimate of drug-likeness (QED) is 0.766. The Morgan fingerprint density at radius 2 is 1.90 bits per heavy atom. The van der Waals surface area contributed by atoms with E-state index in [1.54, 1.807) is 0 Å². The molecule has 0 fully saturated rings. The first-order chi connectivity index (χ1) is 9.74. The smallest absolute Gasteiger partial charge is 0.0746 e. The molecule has 3 heteroatoms. The molecule has 2 nitrogen and oxygen atoms in total. The van der Waals surface area contributed by atoms with E-state index in [-0.39, 0.29) is 5.41 Å². The van der Waals surface area contributed by atoms with E-state index in [4.69, 9.17) is 11.6 Å². The molecule has 0 radical (unpaired) electrons. The summed E-state index contributed by atoms with van der Waals surface area (Å²) in [5, 5.41) is 4.76. The van der Waals surface area contributed by atoms with Crippen LogP contribution in [-0.4, -0.2) is 17.4 Å². The van der Waals surface area contributed by atoms with Gasteiger partial charge in [-0.25, -0.2) is 0 Å². The second-order valence-corrected chi connectivity index (χ2v) is 5.70. The van der Waals surface area contributed by atoms with Gasteiger partial charge in [0.2, 0.25) is 0 Å². The van der Waals surface area contributed by atoms with Gasteiger partial charge in [-0.2, -0.15) is 0 Å². The fourth-order valence-electron chi connectivity index (χ4n) is 2.51. The molecule has 1 aromatic carbocycles. The summed E-state index contributed by atoms with van der Waals surface area (Å²) < 4.78 is 0. The Labute approximate surface area is 126 Å². The number of nitrogens with one attached hydrogen (secondary N) is 1. The molecule has 0 aliphatic rings. The summed E-state index contributed by atoms with van der Waals surface area (Å²) in [5.41, 5.74) is 2.55. The number of pyridine rings is 1. The lowest BCUT2D eigenvalue weighted by Gasteiger charge is -2.29. The summed E-state index contributed by atoms with van der Waals surface area (Å²) in [7, 11) is 0. The predicted molar refractivity (Wildman–Crippen MR) is 87.2 cm³/mol. The van der Waals surface area contributed by atoms with Crippen molar-refractivity contribution in [1.29, 1.82) is 0 Å². The molecule has 0 unspecified atom stereocenters. The lowest BCUT2D eigenvalue weighted by Crippen LogP contribution is -2.34. The maximum atomic E-state index is 6.15. The maximum absolute atomic E-state index is 6.15. The van der Waals surface area contributed by atoms with Gasteiger partial charge in [0.15, 0.2) is 0 Å². The molecule has 0 spiro atoms. The molecule has 0 amide bonds. The molecule has 20 heavy (non-hydrogen) atoms. The Morgan fingerprint density at radius 3 is 2.60 bits per heavy atom. The molecule has 0 atom stereocenters. The van der Waals surface area contributed by atoms with Crippen LogP contribution in [0.2, 0.25) is 0 Å². The van der Waals surface area contributed by atoms with Crippen LogP contribution in [0.3, 0.4) is 0 Å². The Hall–Kier alpha value is -1.12. The van der Waals surface area contributed by atoms with Crippen LogP contribution in [-0.2, 0) is 6.54 Å². The first kappa shape index (κ1) is 15.3.